The van der Waals surface area contributed by atoms with Gasteiger partial charge in [-0.3, -0.25) is 4.79 Å². The van der Waals surface area contributed by atoms with Crippen LogP contribution in [0, 0.1) is 0 Å². The van der Waals surface area contributed by atoms with E-state index in [0.717, 1.165) is 18.5 Å². The van der Waals surface area contributed by atoms with Gasteiger partial charge in [0, 0.05) is 6.04 Å². The molecule has 0 bridgehead atoms. The Labute approximate surface area is 125 Å². The smallest absolute Gasteiger partial charge is 0.273 e. The summed E-state index contributed by atoms with van der Waals surface area (Å²) in [7, 11) is 0. The second kappa shape index (κ2) is 7.57. The molecule has 1 aromatic carbocycles. The van der Waals surface area contributed by atoms with E-state index in [9.17, 15) is 4.79 Å². The van der Waals surface area contributed by atoms with Crippen LogP contribution in [0.2, 0.25) is 0 Å². The lowest BCUT2D eigenvalue weighted by Crippen LogP contribution is -2.32. The number of rotatable bonds is 7. The molecular weight excluding hydrogens is 264 g/mol. The van der Waals surface area contributed by atoms with Crippen molar-refractivity contribution < 1.29 is 4.79 Å². The molecule has 0 saturated carbocycles. The van der Waals surface area contributed by atoms with E-state index in [1.54, 1.807) is 10.9 Å². The quantitative estimate of drug-likeness (QED) is 0.796. The molecule has 0 fully saturated rings. The third-order valence-corrected chi connectivity index (χ3v) is 3.36. The molecule has 0 spiro atoms. The summed E-state index contributed by atoms with van der Waals surface area (Å²) in [6, 6.07) is 9.78. The standard InChI is InChI=1S/C16H22N4O/c1-3-4-6-9-13(2)17-16(21)15-12-20(19-18-15)14-10-7-5-8-11-14/h5,7-8,10-13H,3-4,6,9H2,1-2H3,(H,17,21)/t13-/m1/s1. The van der Waals surface area contributed by atoms with Crippen LogP contribution in [-0.2, 0) is 0 Å². The molecule has 112 valence electrons. The van der Waals surface area contributed by atoms with Gasteiger partial charge in [-0.15, -0.1) is 5.10 Å². The molecule has 0 aliphatic heterocycles. The van der Waals surface area contributed by atoms with Crippen molar-refractivity contribution >= 4 is 5.91 Å². The summed E-state index contributed by atoms with van der Waals surface area (Å²) < 4.78 is 1.61. The SMILES string of the molecule is CCCCC[C@@H](C)NC(=O)c1cn(-c2ccccc2)nn1. The summed E-state index contributed by atoms with van der Waals surface area (Å²) in [6.45, 7) is 4.19. The second-order valence-electron chi connectivity index (χ2n) is 5.25. The van der Waals surface area contributed by atoms with Crippen LogP contribution in [0.5, 0.6) is 0 Å². The lowest BCUT2D eigenvalue weighted by molar-refractivity contribution is 0.0933. The van der Waals surface area contributed by atoms with Gasteiger partial charge in [0.25, 0.3) is 5.91 Å². The second-order valence-corrected chi connectivity index (χ2v) is 5.25. The average molecular weight is 286 g/mol. The van der Waals surface area contributed by atoms with Gasteiger partial charge in [0.2, 0.25) is 0 Å². The molecule has 1 N–H and O–H groups in total. The first-order valence-corrected chi connectivity index (χ1v) is 7.49. The maximum absolute atomic E-state index is 12.1. The number of benzene rings is 1. The molecule has 0 aliphatic carbocycles. The fourth-order valence-electron chi connectivity index (χ4n) is 2.15. The van der Waals surface area contributed by atoms with Crippen molar-refractivity contribution in [1.82, 2.24) is 20.3 Å². The van der Waals surface area contributed by atoms with Crippen LogP contribution in [0.4, 0.5) is 0 Å². The molecule has 2 rings (SSSR count). The van der Waals surface area contributed by atoms with Crippen molar-refractivity contribution in [2.75, 3.05) is 0 Å². The Morgan fingerprint density at radius 3 is 2.76 bits per heavy atom. The Bertz CT molecular complexity index is 565. The van der Waals surface area contributed by atoms with Gasteiger partial charge in [-0.1, -0.05) is 49.6 Å². The number of unbranched alkanes of at least 4 members (excludes halogenated alkanes) is 2. The van der Waals surface area contributed by atoms with Gasteiger partial charge in [-0.25, -0.2) is 4.68 Å². The Balaban J connectivity index is 1.93. The molecular formula is C16H22N4O. The molecule has 0 aliphatic rings. The summed E-state index contributed by atoms with van der Waals surface area (Å²) in [5, 5.41) is 10.9. The van der Waals surface area contributed by atoms with E-state index in [4.69, 9.17) is 0 Å². The van der Waals surface area contributed by atoms with Gasteiger partial charge in [-0.05, 0) is 25.5 Å². The number of carbonyl (C=O) groups is 1. The predicted octanol–water partition coefficient (Wildman–Crippen LogP) is 2.97. The molecule has 0 unspecified atom stereocenters. The molecule has 1 aromatic heterocycles. The van der Waals surface area contributed by atoms with Crippen LogP contribution in [0.25, 0.3) is 5.69 Å². The number of para-hydroxylation sites is 1. The lowest BCUT2D eigenvalue weighted by Gasteiger charge is -2.12. The first kappa shape index (κ1) is 15.2. The lowest BCUT2D eigenvalue weighted by atomic mass is 10.1. The minimum atomic E-state index is -0.166. The highest BCUT2D eigenvalue weighted by Crippen LogP contribution is 2.07. The molecule has 1 heterocycles. The van der Waals surface area contributed by atoms with E-state index >= 15 is 0 Å². The topological polar surface area (TPSA) is 59.8 Å². The van der Waals surface area contributed by atoms with Crippen LogP contribution < -0.4 is 5.32 Å². The van der Waals surface area contributed by atoms with Crippen LogP contribution >= 0.6 is 0 Å². The number of nitrogens with zero attached hydrogens (tertiary/aromatic N) is 3. The zero-order valence-corrected chi connectivity index (χ0v) is 12.6. The van der Waals surface area contributed by atoms with E-state index in [1.807, 2.05) is 37.3 Å². The van der Waals surface area contributed by atoms with Gasteiger partial charge in [0.05, 0.1) is 11.9 Å². The Kier molecular flexibility index (Phi) is 5.49. The molecule has 0 saturated heterocycles. The highest BCUT2D eigenvalue weighted by molar-refractivity contribution is 5.92. The van der Waals surface area contributed by atoms with Crippen LogP contribution in [0.15, 0.2) is 36.5 Å². The number of aromatic nitrogens is 3. The van der Waals surface area contributed by atoms with Crippen molar-refractivity contribution in [2.45, 2.75) is 45.6 Å². The number of hydrogen-bond acceptors (Lipinski definition) is 3. The third-order valence-electron chi connectivity index (χ3n) is 3.36. The fraction of sp³-hybridized carbons (Fsp3) is 0.438. The monoisotopic (exact) mass is 286 g/mol. The van der Waals surface area contributed by atoms with Crippen molar-refractivity contribution in [3.63, 3.8) is 0 Å². The molecule has 5 nitrogen and oxygen atoms in total. The molecule has 21 heavy (non-hydrogen) atoms. The van der Waals surface area contributed by atoms with E-state index in [0.29, 0.717) is 5.69 Å². The van der Waals surface area contributed by atoms with E-state index < -0.39 is 0 Å². The highest BCUT2D eigenvalue weighted by atomic mass is 16.2. The van der Waals surface area contributed by atoms with Gasteiger partial charge in [-0.2, -0.15) is 0 Å². The number of amides is 1. The molecule has 1 atom stereocenters. The van der Waals surface area contributed by atoms with Gasteiger partial charge < -0.3 is 5.32 Å². The maximum atomic E-state index is 12.1. The summed E-state index contributed by atoms with van der Waals surface area (Å²) in [4.78, 5) is 12.1. The summed E-state index contributed by atoms with van der Waals surface area (Å²) in [5.41, 5.74) is 1.24. The molecule has 0 radical (unpaired) electrons. The van der Waals surface area contributed by atoms with Crippen molar-refractivity contribution in [2.24, 2.45) is 0 Å². The summed E-state index contributed by atoms with van der Waals surface area (Å²) in [5.74, 6) is -0.166. The Hall–Kier alpha value is -2.17. The summed E-state index contributed by atoms with van der Waals surface area (Å²) in [6.07, 6.45) is 6.17. The van der Waals surface area contributed by atoms with Crippen molar-refractivity contribution in [3.05, 3.63) is 42.2 Å². The minimum Gasteiger partial charge on any atom is -0.348 e. The van der Waals surface area contributed by atoms with E-state index in [-0.39, 0.29) is 11.9 Å². The third kappa shape index (κ3) is 4.41. The first-order chi connectivity index (χ1) is 10.2. The van der Waals surface area contributed by atoms with E-state index in [1.165, 1.54) is 12.8 Å². The summed E-state index contributed by atoms with van der Waals surface area (Å²) >= 11 is 0. The number of carbonyl (C=O) groups excluding carboxylic acids is 1. The average Bonchev–Trinajstić information content (AvgIpc) is 2.98. The number of hydrogen-bond donors (Lipinski definition) is 1. The Morgan fingerprint density at radius 2 is 2.05 bits per heavy atom. The van der Waals surface area contributed by atoms with Crippen LogP contribution in [0.1, 0.15) is 50.0 Å². The van der Waals surface area contributed by atoms with Gasteiger partial charge in [0.1, 0.15) is 0 Å². The fourth-order valence-corrected chi connectivity index (χ4v) is 2.15. The minimum absolute atomic E-state index is 0.158. The van der Waals surface area contributed by atoms with Crippen molar-refractivity contribution in [3.8, 4) is 5.69 Å². The normalized spacial score (nSPS) is 12.1. The predicted molar refractivity (Wildman–Crippen MR) is 82.4 cm³/mol. The first-order valence-electron chi connectivity index (χ1n) is 7.49. The molecule has 2 aromatic rings. The largest absolute Gasteiger partial charge is 0.348 e. The van der Waals surface area contributed by atoms with Crippen LogP contribution in [0.3, 0.4) is 0 Å². The maximum Gasteiger partial charge on any atom is 0.273 e. The number of nitrogens with one attached hydrogen (secondary N) is 1. The van der Waals surface area contributed by atoms with E-state index in [2.05, 4.69) is 22.6 Å². The Morgan fingerprint density at radius 1 is 1.29 bits per heavy atom. The zero-order chi connectivity index (χ0) is 15.1. The molecule has 1 amide bonds. The molecule has 5 heteroatoms. The van der Waals surface area contributed by atoms with Gasteiger partial charge in [0.15, 0.2) is 5.69 Å². The zero-order valence-electron chi connectivity index (χ0n) is 12.6. The van der Waals surface area contributed by atoms with Gasteiger partial charge >= 0.3 is 0 Å². The van der Waals surface area contributed by atoms with Crippen molar-refractivity contribution in [1.29, 1.82) is 0 Å². The highest BCUT2D eigenvalue weighted by Gasteiger charge is 2.13. The van der Waals surface area contributed by atoms with Crippen LogP contribution in [-0.4, -0.2) is 26.9 Å².